The number of rotatable bonds is 2. The second-order valence-electron chi connectivity index (χ2n) is 6.04. The number of amides is 1. The normalized spacial score (nSPS) is 17.5. The van der Waals surface area contributed by atoms with E-state index < -0.39 is 0 Å². The lowest BCUT2D eigenvalue weighted by Gasteiger charge is -2.23. The molecule has 1 saturated heterocycles. The standard InChI is InChI=1S/C17H17N5O2/c1-11-8-16(23)22-15(19-11)9-13(20-22)14-5-3-7-21(14)17(24)12-4-2-6-18-10-12/h2,4,6,8-10,14,20H,3,5,7H2,1H3. The molecule has 1 aliphatic heterocycles. The Morgan fingerprint density at radius 1 is 1.38 bits per heavy atom. The Morgan fingerprint density at radius 2 is 2.25 bits per heavy atom. The van der Waals surface area contributed by atoms with Crippen LogP contribution in [0.5, 0.6) is 0 Å². The summed E-state index contributed by atoms with van der Waals surface area (Å²) >= 11 is 0. The molecule has 7 nitrogen and oxygen atoms in total. The maximum Gasteiger partial charge on any atom is 0.272 e. The number of fused-ring (bicyclic) bond motifs is 1. The predicted octanol–water partition coefficient (Wildman–Crippen LogP) is 1.70. The fourth-order valence-electron chi connectivity index (χ4n) is 3.29. The van der Waals surface area contributed by atoms with Crippen LogP contribution in [0.4, 0.5) is 0 Å². The van der Waals surface area contributed by atoms with Crippen molar-refractivity contribution in [1.29, 1.82) is 0 Å². The highest BCUT2D eigenvalue weighted by atomic mass is 16.2. The zero-order valence-corrected chi connectivity index (χ0v) is 13.3. The summed E-state index contributed by atoms with van der Waals surface area (Å²) in [6, 6.07) is 6.78. The summed E-state index contributed by atoms with van der Waals surface area (Å²) in [7, 11) is 0. The minimum Gasteiger partial charge on any atom is -0.330 e. The number of aromatic amines is 1. The first-order valence-corrected chi connectivity index (χ1v) is 7.94. The number of aryl methyl sites for hydroxylation is 1. The van der Waals surface area contributed by atoms with Crippen molar-refractivity contribution in [3.63, 3.8) is 0 Å². The lowest BCUT2D eigenvalue weighted by molar-refractivity contribution is 0.0732. The molecule has 3 aromatic heterocycles. The third kappa shape index (κ3) is 2.38. The number of nitrogens with one attached hydrogen (secondary N) is 1. The molecular formula is C17H17N5O2. The molecule has 0 saturated carbocycles. The van der Waals surface area contributed by atoms with Crippen molar-refractivity contribution in [3.05, 3.63) is 64.0 Å². The molecule has 0 radical (unpaired) electrons. The fraction of sp³-hybridized carbons (Fsp3) is 0.294. The number of carbonyl (C=O) groups excluding carboxylic acids is 1. The maximum absolute atomic E-state index is 12.8. The summed E-state index contributed by atoms with van der Waals surface area (Å²) in [5, 5.41) is 3.10. The molecule has 1 unspecified atom stereocenters. The molecule has 1 atom stereocenters. The molecule has 1 N–H and O–H groups in total. The van der Waals surface area contributed by atoms with Gasteiger partial charge in [-0.3, -0.25) is 19.7 Å². The van der Waals surface area contributed by atoms with Gasteiger partial charge in [0.15, 0.2) is 5.65 Å². The van der Waals surface area contributed by atoms with E-state index in [1.165, 1.54) is 10.6 Å². The topological polar surface area (TPSA) is 83.4 Å². The second kappa shape index (κ2) is 5.59. The third-order valence-electron chi connectivity index (χ3n) is 4.38. The molecule has 24 heavy (non-hydrogen) atoms. The number of nitrogens with zero attached hydrogens (tertiary/aromatic N) is 4. The summed E-state index contributed by atoms with van der Waals surface area (Å²) in [6.45, 7) is 2.48. The summed E-state index contributed by atoms with van der Waals surface area (Å²) in [5.74, 6) is -0.0410. The first-order valence-electron chi connectivity index (χ1n) is 7.94. The van der Waals surface area contributed by atoms with Gasteiger partial charge in [0.1, 0.15) is 0 Å². The van der Waals surface area contributed by atoms with Crippen LogP contribution in [0.3, 0.4) is 0 Å². The minimum absolute atomic E-state index is 0.0410. The first-order chi connectivity index (χ1) is 11.6. The van der Waals surface area contributed by atoms with E-state index in [-0.39, 0.29) is 17.5 Å². The molecule has 1 aliphatic rings. The molecule has 0 aromatic carbocycles. The number of H-pyrrole nitrogens is 1. The molecule has 4 rings (SSSR count). The van der Waals surface area contributed by atoms with Crippen molar-refractivity contribution in [1.82, 2.24) is 24.5 Å². The molecule has 3 aromatic rings. The molecule has 7 heteroatoms. The van der Waals surface area contributed by atoms with E-state index in [0.717, 1.165) is 18.5 Å². The van der Waals surface area contributed by atoms with E-state index in [0.29, 0.717) is 23.4 Å². The maximum atomic E-state index is 12.8. The first kappa shape index (κ1) is 14.6. The number of aromatic nitrogens is 4. The van der Waals surface area contributed by atoms with Gasteiger partial charge in [-0.2, -0.15) is 0 Å². The van der Waals surface area contributed by atoms with E-state index in [2.05, 4.69) is 15.1 Å². The van der Waals surface area contributed by atoms with Gasteiger partial charge in [-0.25, -0.2) is 9.50 Å². The molecule has 0 aliphatic carbocycles. The number of likely N-dealkylation sites (tertiary alicyclic amines) is 1. The highest BCUT2D eigenvalue weighted by Gasteiger charge is 2.32. The van der Waals surface area contributed by atoms with Gasteiger partial charge in [0.25, 0.3) is 11.5 Å². The van der Waals surface area contributed by atoms with E-state index in [1.54, 1.807) is 31.5 Å². The fourth-order valence-corrected chi connectivity index (χ4v) is 3.29. The van der Waals surface area contributed by atoms with Crippen LogP contribution in [-0.4, -0.2) is 36.9 Å². The van der Waals surface area contributed by atoms with Gasteiger partial charge in [0.05, 0.1) is 17.3 Å². The predicted molar refractivity (Wildman–Crippen MR) is 87.8 cm³/mol. The van der Waals surface area contributed by atoms with Gasteiger partial charge >= 0.3 is 0 Å². The van der Waals surface area contributed by atoms with Crippen molar-refractivity contribution in [2.75, 3.05) is 6.54 Å². The molecule has 1 fully saturated rings. The Hall–Kier alpha value is -2.96. The molecule has 0 bridgehead atoms. The molecule has 4 heterocycles. The van der Waals surface area contributed by atoms with Crippen LogP contribution < -0.4 is 5.56 Å². The SMILES string of the molecule is Cc1cc(=O)n2[nH]c(C3CCCN3C(=O)c3cccnc3)cc2n1. The van der Waals surface area contributed by atoms with Crippen molar-refractivity contribution in [2.24, 2.45) is 0 Å². The Morgan fingerprint density at radius 3 is 3.04 bits per heavy atom. The van der Waals surface area contributed by atoms with Crippen molar-refractivity contribution >= 4 is 11.6 Å². The number of pyridine rings is 1. The van der Waals surface area contributed by atoms with Crippen LogP contribution in [-0.2, 0) is 0 Å². The summed E-state index contributed by atoms with van der Waals surface area (Å²) in [4.78, 5) is 35.1. The molecule has 1 amide bonds. The zero-order chi connectivity index (χ0) is 16.7. The zero-order valence-electron chi connectivity index (χ0n) is 13.3. The van der Waals surface area contributed by atoms with E-state index in [4.69, 9.17) is 0 Å². The minimum atomic E-state index is -0.146. The number of carbonyl (C=O) groups is 1. The molecule has 122 valence electrons. The van der Waals surface area contributed by atoms with Crippen LogP contribution in [0.15, 0.2) is 41.5 Å². The number of hydrogen-bond acceptors (Lipinski definition) is 4. The van der Waals surface area contributed by atoms with Crippen LogP contribution in [0.25, 0.3) is 5.65 Å². The van der Waals surface area contributed by atoms with E-state index in [1.807, 2.05) is 11.0 Å². The number of hydrogen-bond donors (Lipinski definition) is 1. The highest BCUT2D eigenvalue weighted by molar-refractivity contribution is 5.94. The van der Waals surface area contributed by atoms with Gasteiger partial charge in [-0.05, 0) is 31.9 Å². The Bertz CT molecular complexity index is 960. The van der Waals surface area contributed by atoms with Gasteiger partial charge in [0.2, 0.25) is 0 Å². The lowest BCUT2D eigenvalue weighted by Crippen LogP contribution is -2.31. The van der Waals surface area contributed by atoms with Gasteiger partial charge in [-0.15, -0.1) is 0 Å². The second-order valence-corrected chi connectivity index (χ2v) is 6.04. The highest BCUT2D eigenvalue weighted by Crippen LogP contribution is 2.32. The lowest BCUT2D eigenvalue weighted by atomic mass is 10.1. The summed E-state index contributed by atoms with van der Waals surface area (Å²) in [5.41, 5.74) is 2.52. The van der Waals surface area contributed by atoms with Crippen molar-refractivity contribution < 1.29 is 4.79 Å². The van der Waals surface area contributed by atoms with E-state index in [9.17, 15) is 9.59 Å². The van der Waals surface area contributed by atoms with Gasteiger partial charge in [-0.1, -0.05) is 0 Å². The van der Waals surface area contributed by atoms with Gasteiger partial charge < -0.3 is 4.90 Å². The van der Waals surface area contributed by atoms with Gasteiger partial charge in [0, 0.05) is 36.8 Å². The smallest absolute Gasteiger partial charge is 0.272 e. The van der Waals surface area contributed by atoms with Crippen molar-refractivity contribution in [2.45, 2.75) is 25.8 Å². The van der Waals surface area contributed by atoms with Crippen molar-refractivity contribution in [3.8, 4) is 0 Å². The van der Waals surface area contributed by atoms with E-state index >= 15 is 0 Å². The molecular weight excluding hydrogens is 306 g/mol. The van der Waals surface area contributed by atoms with Crippen LogP contribution in [0.2, 0.25) is 0 Å². The average molecular weight is 323 g/mol. The average Bonchev–Trinajstić information content (AvgIpc) is 3.21. The Kier molecular flexibility index (Phi) is 3.41. The largest absolute Gasteiger partial charge is 0.330 e. The van der Waals surface area contributed by atoms with Crippen LogP contribution in [0, 0.1) is 6.92 Å². The quantitative estimate of drug-likeness (QED) is 0.778. The third-order valence-corrected chi connectivity index (χ3v) is 4.38. The summed E-state index contributed by atoms with van der Waals surface area (Å²) in [6.07, 6.45) is 5.01. The molecule has 0 spiro atoms. The Labute approximate surface area is 138 Å². The summed E-state index contributed by atoms with van der Waals surface area (Å²) < 4.78 is 1.42. The Balaban J connectivity index is 1.72. The van der Waals surface area contributed by atoms with Crippen LogP contribution >= 0.6 is 0 Å². The monoisotopic (exact) mass is 323 g/mol. The van der Waals surface area contributed by atoms with Crippen LogP contribution in [0.1, 0.15) is 40.6 Å².